The van der Waals surface area contributed by atoms with Crippen molar-refractivity contribution in [3.63, 3.8) is 0 Å². The summed E-state index contributed by atoms with van der Waals surface area (Å²) in [7, 11) is 0. The minimum atomic E-state index is -0.276. The molecule has 1 aliphatic rings. The first-order valence-electron chi connectivity index (χ1n) is 4.10. The highest BCUT2D eigenvalue weighted by molar-refractivity contribution is 9.10. The molecule has 0 unspecified atom stereocenters. The Labute approximate surface area is 81.2 Å². The molecule has 0 aromatic carbocycles. The molecule has 0 aromatic rings. The van der Waals surface area contributed by atoms with E-state index in [0.717, 1.165) is 19.3 Å². The summed E-state index contributed by atoms with van der Waals surface area (Å²) in [6.45, 7) is 0.586. The summed E-state index contributed by atoms with van der Waals surface area (Å²) in [5.74, 6) is 2.57. The lowest BCUT2D eigenvalue weighted by Gasteiger charge is -2.34. The molecule has 0 aliphatic heterocycles. The first-order chi connectivity index (χ1) is 5.69. The van der Waals surface area contributed by atoms with Crippen molar-refractivity contribution in [2.24, 2.45) is 0 Å². The van der Waals surface area contributed by atoms with Crippen LogP contribution in [0.3, 0.4) is 0 Å². The molecule has 0 radical (unpaired) electrons. The van der Waals surface area contributed by atoms with Gasteiger partial charge in [0.25, 0.3) is 0 Å². The molecule has 1 amide bonds. The molecule has 1 saturated carbocycles. The second kappa shape index (κ2) is 3.95. The molecule has 1 rings (SSSR count). The van der Waals surface area contributed by atoms with E-state index in [-0.39, 0.29) is 10.2 Å². The molecule has 0 bridgehead atoms. The molecule has 1 fully saturated rings. The van der Waals surface area contributed by atoms with Gasteiger partial charge in [0.1, 0.15) is 4.32 Å². The predicted octanol–water partition coefficient (Wildman–Crippen LogP) is 1.44. The van der Waals surface area contributed by atoms with Crippen molar-refractivity contribution in [2.75, 3.05) is 6.54 Å². The number of hydrogen-bond acceptors (Lipinski definition) is 1. The van der Waals surface area contributed by atoms with Crippen LogP contribution >= 0.6 is 15.9 Å². The van der Waals surface area contributed by atoms with Crippen LogP contribution in [0.25, 0.3) is 0 Å². The summed E-state index contributed by atoms with van der Waals surface area (Å²) < 4.78 is -0.276. The summed E-state index contributed by atoms with van der Waals surface area (Å²) in [6, 6.07) is 0. The minimum Gasteiger partial charge on any atom is -0.354 e. The highest BCUT2D eigenvalue weighted by Gasteiger charge is 2.41. The Kier molecular flexibility index (Phi) is 3.16. The zero-order valence-electron chi connectivity index (χ0n) is 6.90. The zero-order valence-corrected chi connectivity index (χ0v) is 8.49. The van der Waals surface area contributed by atoms with Crippen LogP contribution in [0, 0.1) is 12.3 Å². The van der Waals surface area contributed by atoms with Gasteiger partial charge in [0.2, 0.25) is 5.91 Å². The Bertz CT molecular complexity index is 215. The maximum absolute atomic E-state index is 11.4. The van der Waals surface area contributed by atoms with Gasteiger partial charge in [0.05, 0.1) is 0 Å². The molecule has 0 saturated heterocycles. The van der Waals surface area contributed by atoms with E-state index < -0.39 is 0 Å². The molecule has 1 aliphatic carbocycles. The first-order valence-corrected chi connectivity index (χ1v) is 4.89. The van der Waals surface area contributed by atoms with Gasteiger partial charge in [-0.15, -0.1) is 12.3 Å². The largest absolute Gasteiger partial charge is 0.354 e. The van der Waals surface area contributed by atoms with E-state index >= 15 is 0 Å². The van der Waals surface area contributed by atoms with Gasteiger partial charge in [-0.3, -0.25) is 4.79 Å². The fraction of sp³-hybridized carbons (Fsp3) is 0.667. The van der Waals surface area contributed by atoms with E-state index in [1.165, 1.54) is 0 Å². The number of amides is 1. The standard InChI is InChI=1S/C9H12BrNO/c1-2-3-7-11-8(12)9(10)5-4-6-9/h1H,3-7H2,(H,11,12). The van der Waals surface area contributed by atoms with Crippen LogP contribution in [0.15, 0.2) is 0 Å². The van der Waals surface area contributed by atoms with Crippen molar-refractivity contribution in [2.45, 2.75) is 30.0 Å². The topological polar surface area (TPSA) is 29.1 Å². The molecular formula is C9H12BrNO. The Morgan fingerprint density at radius 1 is 1.67 bits per heavy atom. The molecule has 0 aromatic heterocycles. The first kappa shape index (κ1) is 9.60. The fourth-order valence-corrected chi connectivity index (χ4v) is 1.82. The van der Waals surface area contributed by atoms with E-state index in [9.17, 15) is 4.79 Å². The third-order valence-electron chi connectivity index (χ3n) is 2.11. The minimum absolute atomic E-state index is 0.0870. The quantitative estimate of drug-likeness (QED) is 0.443. The molecule has 0 heterocycles. The molecule has 1 N–H and O–H groups in total. The Morgan fingerprint density at radius 2 is 2.33 bits per heavy atom. The second-order valence-electron chi connectivity index (χ2n) is 3.03. The van der Waals surface area contributed by atoms with Crippen LogP contribution in [0.1, 0.15) is 25.7 Å². The Morgan fingerprint density at radius 3 is 2.75 bits per heavy atom. The number of alkyl halides is 1. The van der Waals surface area contributed by atoms with Crippen LogP contribution in [-0.2, 0) is 4.79 Å². The average molecular weight is 230 g/mol. The van der Waals surface area contributed by atoms with Gasteiger partial charge in [-0.1, -0.05) is 15.9 Å². The van der Waals surface area contributed by atoms with Gasteiger partial charge in [-0.05, 0) is 19.3 Å². The van der Waals surface area contributed by atoms with Crippen LogP contribution in [-0.4, -0.2) is 16.8 Å². The lowest BCUT2D eigenvalue weighted by Crippen LogP contribution is -2.47. The van der Waals surface area contributed by atoms with E-state index in [4.69, 9.17) is 6.42 Å². The summed E-state index contributed by atoms with van der Waals surface area (Å²) in [4.78, 5) is 11.4. The number of rotatable bonds is 3. The third kappa shape index (κ3) is 2.01. The van der Waals surface area contributed by atoms with Gasteiger partial charge < -0.3 is 5.32 Å². The maximum atomic E-state index is 11.4. The number of terminal acetylenes is 1. The van der Waals surface area contributed by atoms with Crippen molar-refractivity contribution < 1.29 is 4.79 Å². The summed E-state index contributed by atoms with van der Waals surface area (Å²) in [6.07, 6.45) is 8.67. The van der Waals surface area contributed by atoms with Crippen LogP contribution in [0.2, 0.25) is 0 Å². The second-order valence-corrected chi connectivity index (χ2v) is 4.55. The highest BCUT2D eigenvalue weighted by atomic mass is 79.9. The van der Waals surface area contributed by atoms with Crippen LogP contribution in [0.4, 0.5) is 0 Å². The smallest absolute Gasteiger partial charge is 0.236 e. The Balaban J connectivity index is 2.24. The Hall–Kier alpha value is -0.490. The number of carbonyl (C=O) groups excluding carboxylic acids is 1. The molecule has 0 spiro atoms. The molecule has 66 valence electrons. The van der Waals surface area contributed by atoms with Crippen molar-refractivity contribution in [1.29, 1.82) is 0 Å². The van der Waals surface area contributed by atoms with Gasteiger partial charge in [-0.25, -0.2) is 0 Å². The zero-order chi connectivity index (χ0) is 9.03. The van der Waals surface area contributed by atoms with Crippen molar-refractivity contribution in [3.8, 4) is 12.3 Å². The SMILES string of the molecule is C#CCCNC(=O)C1(Br)CCC1. The van der Waals surface area contributed by atoms with Crippen LogP contribution in [0.5, 0.6) is 0 Å². The van der Waals surface area contributed by atoms with Gasteiger partial charge in [0, 0.05) is 13.0 Å². The maximum Gasteiger partial charge on any atom is 0.236 e. The molecular weight excluding hydrogens is 218 g/mol. The summed E-state index contributed by atoms with van der Waals surface area (Å²) >= 11 is 3.42. The molecule has 12 heavy (non-hydrogen) atoms. The van der Waals surface area contributed by atoms with E-state index in [1.54, 1.807) is 0 Å². The summed E-state index contributed by atoms with van der Waals surface area (Å²) in [5, 5.41) is 2.80. The highest BCUT2D eigenvalue weighted by Crippen LogP contribution is 2.40. The molecule has 2 nitrogen and oxygen atoms in total. The van der Waals surface area contributed by atoms with E-state index in [1.807, 2.05) is 0 Å². The normalized spacial score (nSPS) is 19.0. The lowest BCUT2D eigenvalue weighted by atomic mass is 9.84. The molecule has 0 atom stereocenters. The lowest BCUT2D eigenvalue weighted by molar-refractivity contribution is -0.125. The average Bonchev–Trinajstić information content (AvgIpc) is 2.00. The third-order valence-corrected chi connectivity index (χ3v) is 3.26. The number of halogens is 1. The van der Waals surface area contributed by atoms with Crippen molar-refractivity contribution in [3.05, 3.63) is 0 Å². The number of hydrogen-bond donors (Lipinski definition) is 1. The monoisotopic (exact) mass is 229 g/mol. The van der Waals surface area contributed by atoms with Crippen molar-refractivity contribution in [1.82, 2.24) is 5.32 Å². The molecule has 3 heteroatoms. The van der Waals surface area contributed by atoms with Gasteiger partial charge in [0.15, 0.2) is 0 Å². The predicted molar refractivity (Wildman–Crippen MR) is 52.0 cm³/mol. The van der Waals surface area contributed by atoms with E-state index in [0.29, 0.717) is 13.0 Å². The number of nitrogens with one attached hydrogen (secondary N) is 1. The van der Waals surface area contributed by atoms with E-state index in [2.05, 4.69) is 27.2 Å². The number of carbonyl (C=O) groups is 1. The fourth-order valence-electron chi connectivity index (χ4n) is 1.12. The van der Waals surface area contributed by atoms with Gasteiger partial charge >= 0.3 is 0 Å². The van der Waals surface area contributed by atoms with Crippen molar-refractivity contribution >= 4 is 21.8 Å². The van der Waals surface area contributed by atoms with Crippen LogP contribution < -0.4 is 5.32 Å². The van der Waals surface area contributed by atoms with Gasteiger partial charge in [-0.2, -0.15) is 0 Å². The summed E-state index contributed by atoms with van der Waals surface area (Å²) in [5.41, 5.74) is 0.